The minimum atomic E-state index is -0.397. The number of amidine groups is 1. The molecule has 1 atom stereocenters. The molecule has 2 aromatic carbocycles. The molecule has 1 amide bonds. The first kappa shape index (κ1) is 22.5. The van der Waals surface area contributed by atoms with Crippen LogP contribution in [0.3, 0.4) is 0 Å². The van der Waals surface area contributed by atoms with Gasteiger partial charge in [0.15, 0.2) is 5.17 Å². The number of aromatic amines is 1. The van der Waals surface area contributed by atoms with Gasteiger partial charge in [-0.2, -0.15) is 5.10 Å². The predicted molar refractivity (Wildman–Crippen MR) is 136 cm³/mol. The van der Waals surface area contributed by atoms with Gasteiger partial charge in [-0.25, -0.2) is 0 Å². The third kappa shape index (κ3) is 4.52. The largest absolute Gasteiger partial charge is 0.467 e. The summed E-state index contributed by atoms with van der Waals surface area (Å²) >= 11 is 7.38. The van der Waals surface area contributed by atoms with Crippen LogP contribution in [0.25, 0.3) is 22.2 Å². The summed E-state index contributed by atoms with van der Waals surface area (Å²) in [5, 5.41) is 19.9. The van der Waals surface area contributed by atoms with E-state index >= 15 is 0 Å². The Bertz CT molecular complexity index is 1360. The summed E-state index contributed by atoms with van der Waals surface area (Å²) in [6.45, 7) is 0.187. The average Bonchev–Trinajstić information content (AvgIpc) is 3.56. The molecule has 1 saturated heterocycles. The maximum Gasteiger partial charge on any atom is 0.242 e. The number of aliphatic hydroxyl groups is 1. The number of hydrogen-bond acceptors (Lipinski definition) is 6. The molecular weight excluding hydrogens is 472 g/mol. The highest BCUT2D eigenvalue weighted by Crippen LogP contribution is 2.32. The number of H-pyrrole nitrogens is 1. The van der Waals surface area contributed by atoms with Crippen molar-refractivity contribution in [3.63, 3.8) is 0 Å². The van der Waals surface area contributed by atoms with E-state index in [4.69, 9.17) is 16.0 Å². The number of nitrogens with zero attached hydrogens (tertiary/aromatic N) is 3. The minimum Gasteiger partial charge on any atom is -0.467 e. The van der Waals surface area contributed by atoms with Gasteiger partial charge in [0.05, 0.1) is 30.0 Å². The van der Waals surface area contributed by atoms with Crippen molar-refractivity contribution in [3.8, 4) is 11.3 Å². The van der Waals surface area contributed by atoms with E-state index in [0.717, 1.165) is 27.7 Å². The van der Waals surface area contributed by atoms with Gasteiger partial charge in [0.1, 0.15) is 5.76 Å². The van der Waals surface area contributed by atoms with Crippen LogP contribution >= 0.6 is 23.4 Å². The zero-order chi connectivity index (χ0) is 23.5. The molecule has 4 aromatic rings. The summed E-state index contributed by atoms with van der Waals surface area (Å²) in [5.74, 6) is 0.537. The van der Waals surface area contributed by atoms with E-state index in [1.54, 1.807) is 23.4 Å². The molecule has 3 heterocycles. The van der Waals surface area contributed by atoms with E-state index < -0.39 is 5.25 Å². The summed E-state index contributed by atoms with van der Waals surface area (Å²) in [7, 11) is 0. The van der Waals surface area contributed by atoms with Crippen molar-refractivity contribution in [2.75, 3.05) is 6.61 Å². The van der Waals surface area contributed by atoms with Gasteiger partial charge in [-0.15, -0.1) is 5.10 Å². The molecule has 1 fully saturated rings. The summed E-state index contributed by atoms with van der Waals surface area (Å²) < 4.78 is 5.41. The molecule has 0 saturated carbocycles. The van der Waals surface area contributed by atoms with Crippen LogP contribution in [0.2, 0.25) is 5.02 Å². The lowest BCUT2D eigenvalue weighted by Gasteiger charge is -2.13. The maximum atomic E-state index is 12.9. The third-order valence-electron chi connectivity index (χ3n) is 5.51. The molecule has 172 valence electrons. The van der Waals surface area contributed by atoms with E-state index in [1.165, 1.54) is 11.8 Å². The van der Waals surface area contributed by atoms with E-state index in [1.807, 2.05) is 54.6 Å². The molecule has 0 spiro atoms. The molecule has 0 radical (unpaired) electrons. The quantitative estimate of drug-likeness (QED) is 0.270. The number of thioether (sulfide) groups is 1. The highest BCUT2D eigenvalue weighted by Gasteiger charge is 2.38. The molecule has 7 nitrogen and oxygen atoms in total. The highest BCUT2D eigenvalue weighted by atomic mass is 35.5. The van der Waals surface area contributed by atoms with Crippen molar-refractivity contribution < 1.29 is 14.3 Å². The second-order valence-corrected chi connectivity index (χ2v) is 9.32. The van der Waals surface area contributed by atoms with Crippen LogP contribution < -0.4 is 0 Å². The van der Waals surface area contributed by atoms with Crippen molar-refractivity contribution in [1.82, 2.24) is 9.88 Å². The zero-order valence-electron chi connectivity index (χ0n) is 18.0. The predicted octanol–water partition coefficient (Wildman–Crippen LogP) is 5.30. The lowest BCUT2D eigenvalue weighted by atomic mass is 10.1. The summed E-state index contributed by atoms with van der Waals surface area (Å²) in [4.78, 5) is 17.9. The molecule has 2 aromatic heterocycles. The molecule has 34 heavy (non-hydrogen) atoms. The number of para-hydroxylation sites is 1. The normalized spacial score (nSPS) is 17.6. The first-order chi connectivity index (χ1) is 16.6. The van der Waals surface area contributed by atoms with Crippen molar-refractivity contribution in [3.05, 3.63) is 83.3 Å². The standard InChI is InChI=1S/C25H21ClN4O3S/c26-17-9-7-16(8-10-17)23-20(19-5-1-2-6-21(19)28-23)14-27-29-25-30(15-18-4-3-13-33-18)24(32)22(34-25)11-12-31/h1-10,13-14,22,28,31H,11-12,15H2/b27-14+,29-25-. The molecule has 2 N–H and O–H groups in total. The Balaban J connectivity index is 1.49. The number of amides is 1. The molecule has 5 rings (SSSR count). The van der Waals surface area contributed by atoms with E-state index in [0.29, 0.717) is 22.4 Å². The number of carbonyl (C=O) groups is 1. The summed E-state index contributed by atoms with van der Waals surface area (Å²) in [5.41, 5.74) is 3.75. The molecule has 9 heteroatoms. The molecule has 0 bridgehead atoms. The average molecular weight is 493 g/mol. The number of halogens is 1. The molecule has 1 unspecified atom stereocenters. The monoisotopic (exact) mass is 492 g/mol. The number of aromatic nitrogens is 1. The van der Waals surface area contributed by atoms with Crippen molar-refractivity contribution in [2.45, 2.75) is 18.2 Å². The second-order valence-electron chi connectivity index (χ2n) is 7.72. The lowest BCUT2D eigenvalue weighted by Crippen LogP contribution is -2.31. The van der Waals surface area contributed by atoms with Crippen LogP contribution in [0, 0.1) is 0 Å². The second kappa shape index (κ2) is 9.89. The summed E-state index contributed by atoms with van der Waals surface area (Å²) in [6.07, 6.45) is 3.62. The number of benzene rings is 2. The van der Waals surface area contributed by atoms with E-state index in [2.05, 4.69) is 15.2 Å². The van der Waals surface area contributed by atoms with Crippen LogP contribution in [0.15, 0.2) is 81.5 Å². The smallest absolute Gasteiger partial charge is 0.242 e. The Morgan fingerprint density at radius 1 is 1.15 bits per heavy atom. The Hall–Kier alpha value is -3.33. The molecular formula is C25H21ClN4O3S. The molecule has 0 aliphatic carbocycles. The summed E-state index contributed by atoms with van der Waals surface area (Å²) in [6, 6.07) is 19.2. The van der Waals surface area contributed by atoms with Gasteiger partial charge in [0.25, 0.3) is 0 Å². The number of rotatable bonds is 7. The Labute approximate surface area is 205 Å². The SMILES string of the molecule is O=C1C(CCO)S/C(=N\N=C\c2c(-c3ccc(Cl)cc3)[nH]c3ccccc23)N1Cc1ccco1. The van der Waals surface area contributed by atoms with E-state index in [9.17, 15) is 9.90 Å². The number of hydrogen-bond donors (Lipinski definition) is 2. The van der Waals surface area contributed by atoms with Gasteiger partial charge < -0.3 is 14.5 Å². The highest BCUT2D eigenvalue weighted by molar-refractivity contribution is 8.15. The number of aliphatic hydroxyl groups excluding tert-OH is 1. The Morgan fingerprint density at radius 3 is 2.74 bits per heavy atom. The van der Waals surface area contributed by atoms with Crippen LogP contribution in [0.1, 0.15) is 17.7 Å². The zero-order valence-corrected chi connectivity index (χ0v) is 19.6. The van der Waals surface area contributed by atoms with Crippen LogP contribution in [-0.4, -0.2) is 44.1 Å². The number of carbonyl (C=O) groups excluding carboxylic acids is 1. The maximum absolute atomic E-state index is 12.9. The number of furan rings is 1. The van der Waals surface area contributed by atoms with Gasteiger partial charge >= 0.3 is 0 Å². The fraction of sp³-hybridized carbons (Fsp3) is 0.160. The molecule has 1 aliphatic heterocycles. The van der Waals surface area contributed by atoms with Gasteiger partial charge in [-0.3, -0.25) is 9.69 Å². The minimum absolute atomic E-state index is 0.0751. The Kier molecular flexibility index (Phi) is 6.53. The first-order valence-electron chi connectivity index (χ1n) is 10.7. The van der Waals surface area contributed by atoms with Gasteiger partial charge in [0, 0.05) is 28.1 Å². The fourth-order valence-electron chi connectivity index (χ4n) is 3.87. The lowest BCUT2D eigenvalue weighted by molar-refractivity contribution is -0.127. The van der Waals surface area contributed by atoms with Gasteiger partial charge in [-0.05, 0) is 42.3 Å². The van der Waals surface area contributed by atoms with Gasteiger partial charge in [0.2, 0.25) is 5.91 Å². The van der Waals surface area contributed by atoms with Crippen LogP contribution in [0.4, 0.5) is 0 Å². The topological polar surface area (TPSA) is 94.2 Å². The number of fused-ring (bicyclic) bond motifs is 1. The van der Waals surface area contributed by atoms with Crippen molar-refractivity contribution in [1.29, 1.82) is 0 Å². The van der Waals surface area contributed by atoms with Crippen LogP contribution in [0.5, 0.6) is 0 Å². The fourth-order valence-corrected chi connectivity index (χ4v) is 5.08. The van der Waals surface area contributed by atoms with E-state index in [-0.39, 0.29) is 19.1 Å². The van der Waals surface area contributed by atoms with Crippen LogP contribution in [-0.2, 0) is 11.3 Å². The van der Waals surface area contributed by atoms with Crippen molar-refractivity contribution >= 4 is 51.6 Å². The third-order valence-corrected chi connectivity index (χ3v) is 7.00. The van der Waals surface area contributed by atoms with Gasteiger partial charge in [-0.1, -0.05) is 53.7 Å². The van der Waals surface area contributed by atoms with Crippen molar-refractivity contribution in [2.24, 2.45) is 10.2 Å². The first-order valence-corrected chi connectivity index (χ1v) is 12.0. The Morgan fingerprint density at radius 2 is 1.97 bits per heavy atom. The number of nitrogens with one attached hydrogen (secondary N) is 1. The molecule has 1 aliphatic rings.